The molecule has 2 amide bonds. The van der Waals surface area contributed by atoms with Crippen molar-refractivity contribution in [2.75, 3.05) is 5.88 Å². The molecule has 0 aromatic heterocycles. The van der Waals surface area contributed by atoms with E-state index in [1.54, 1.807) is 20.8 Å². The van der Waals surface area contributed by atoms with Crippen LogP contribution in [0, 0.1) is 0 Å². The normalized spacial score (nSPS) is 14.2. The van der Waals surface area contributed by atoms with Gasteiger partial charge >= 0.3 is 12.1 Å². The molecule has 0 aliphatic heterocycles. The first-order valence-corrected chi connectivity index (χ1v) is 6.19. The molecule has 0 spiro atoms. The van der Waals surface area contributed by atoms with E-state index in [0.717, 1.165) is 0 Å². The van der Waals surface area contributed by atoms with E-state index in [-0.39, 0.29) is 5.88 Å². The monoisotopic (exact) mass is 294 g/mol. The molecule has 0 aromatic rings. The predicted molar refractivity (Wildman–Crippen MR) is 69.1 cm³/mol. The van der Waals surface area contributed by atoms with Gasteiger partial charge < -0.3 is 20.5 Å². The highest BCUT2D eigenvalue weighted by molar-refractivity contribution is 6.20. The fraction of sp³-hybridized carbons (Fsp3) is 0.727. The average Bonchev–Trinajstić information content (AvgIpc) is 2.22. The van der Waals surface area contributed by atoms with Crippen molar-refractivity contribution in [3.63, 3.8) is 0 Å². The fourth-order valence-corrected chi connectivity index (χ4v) is 1.22. The minimum atomic E-state index is -1.18. The Bertz CT molecular complexity index is 353. The largest absolute Gasteiger partial charge is 0.480 e. The quantitative estimate of drug-likeness (QED) is 0.648. The molecule has 110 valence electrons. The molecule has 3 N–H and O–H groups in total. The smallest absolute Gasteiger partial charge is 0.408 e. The van der Waals surface area contributed by atoms with Gasteiger partial charge in [0.05, 0.1) is 5.88 Å². The van der Waals surface area contributed by atoms with Crippen LogP contribution in [0.2, 0.25) is 0 Å². The molecule has 0 saturated carbocycles. The van der Waals surface area contributed by atoms with Gasteiger partial charge in [0.1, 0.15) is 17.7 Å². The van der Waals surface area contributed by atoms with Crippen LogP contribution in [-0.4, -0.2) is 46.6 Å². The van der Waals surface area contributed by atoms with Gasteiger partial charge in [0.25, 0.3) is 0 Å². The van der Waals surface area contributed by atoms with Gasteiger partial charge in [-0.1, -0.05) is 0 Å². The second-order valence-corrected chi connectivity index (χ2v) is 5.23. The molecule has 0 radical (unpaired) electrons. The number of carboxylic acids is 1. The maximum atomic E-state index is 11.7. The number of alkyl carbamates (subject to hydrolysis) is 1. The van der Waals surface area contributed by atoms with Crippen molar-refractivity contribution in [3.05, 3.63) is 0 Å². The number of hydrogen-bond donors (Lipinski definition) is 3. The van der Waals surface area contributed by atoms with E-state index in [0.29, 0.717) is 0 Å². The minimum Gasteiger partial charge on any atom is -0.480 e. The summed E-state index contributed by atoms with van der Waals surface area (Å²) < 4.78 is 4.97. The van der Waals surface area contributed by atoms with Crippen LogP contribution in [0.4, 0.5) is 4.79 Å². The van der Waals surface area contributed by atoms with E-state index >= 15 is 0 Å². The second kappa shape index (κ2) is 7.18. The van der Waals surface area contributed by atoms with Gasteiger partial charge in [-0.3, -0.25) is 9.59 Å². The molecule has 0 aliphatic carbocycles. The third-order valence-corrected chi connectivity index (χ3v) is 2.20. The standard InChI is InChI=1S/C11H19ClN2O5/c1-6(9(16)17)13-8(15)7(5-12)14-10(18)19-11(2,3)4/h6-7H,5H2,1-4H3,(H,13,15)(H,14,18)(H,16,17)/t6-,7-/m0/s1. The molecule has 0 heterocycles. The van der Waals surface area contributed by atoms with E-state index < -0.39 is 35.7 Å². The number of halogens is 1. The van der Waals surface area contributed by atoms with Gasteiger partial charge in [0, 0.05) is 0 Å². The molecule has 0 aromatic carbocycles. The summed E-state index contributed by atoms with van der Waals surface area (Å²) in [7, 11) is 0. The van der Waals surface area contributed by atoms with Gasteiger partial charge in [-0.15, -0.1) is 11.6 Å². The predicted octanol–water partition coefficient (Wildman–Crippen LogP) is 0.708. The first-order valence-electron chi connectivity index (χ1n) is 5.65. The van der Waals surface area contributed by atoms with Gasteiger partial charge in [0.2, 0.25) is 5.91 Å². The van der Waals surface area contributed by atoms with Crippen LogP contribution in [0.1, 0.15) is 27.7 Å². The highest BCUT2D eigenvalue weighted by Crippen LogP contribution is 2.07. The lowest BCUT2D eigenvalue weighted by atomic mass is 10.2. The molecule has 2 atom stereocenters. The zero-order chi connectivity index (χ0) is 15.2. The number of nitrogens with one attached hydrogen (secondary N) is 2. The third kappa shape index (κ3) is 7.50. The summed E-state index contributed by atoms with van der Waals surface area (Å²) in [5, 5.41) is 13.1. The molecule has 0 aliphatic rings. The van der Waals surface area contributed by atoms with Crippen LogP contribution >= 0.6 is 11.6 Å². The number of aliphatic carboxylic acids is 1. The summed E-state index contributed by atoms with van der Waals surface area (Å²) in [6.07, 6.45) is -0.795. The first kappa shape index (κ1) is 17.5. The first-order chi connectivity index (χ1) is 8.56. The molecular weight excluding hydrogens is 276 g/mol. The van der Waals surface area contributed by atoms with Crippen LogP contribution in [0.25, 0.3) is 0 Å². The number of amides is 2. The number of carboxylic acid groups (broad SMARTS) is 1. The van der Waals surface area contributed by atoms with Crippen molar-refractivity contribution in [1.82, 2.24) is 10.6 Å². The number of rotatable bonds is 5. The summed E-state index contributed by atoms with van der Waals surface area (Å²) in [5.74, 6) is -2.06. The number of alkyl halides is 1. The Morgan fingerprint density at radius 1 is 1.26 bits per heavy atom. The summed E-state index contributed by atoms with van der Waals surface area (Å²) in [6.45, 7) is 6.33. The minimum absolute atomic E-state index is 0.197. The van der Waals surface area contributed by atoms with E-state index in [1.807, 2.05) is 0 Å². The molecule has 0 fully saturated rings. The number of carbonyl (C=O) groups excluding carboxylic acids is 2. The van der Waals surface area contributed by atoms with Crippen molar-refractivity contribution in [3.8, 4) is 0 Å². The van der Waals surface area contributed by atoms with E-state index in [2.05, 4.69) is 10.6 Å². The Hall–Kier alpha value is -1.50. The van der Waals surface area contributed by atoms with Crippen LogP contribution in [0.3, 0.4) is 0 Å². The number of hydrogen-bond acceptors (Lipinski definition) is 4. The SMILES string of the molecule is C[C@H](NC(=O)[C@H](CCl)NC(=O)OC(C)(C)C)C(=O)O. The molecule has 0 unspecified atom stereocenters. The molecule has 0 rings (SSSR count). The Labute approximate surface area is 116 Å². The lowest BCUT2D eigenvalue weighted by molar-refractivity contribution is -0.141. The van der Waals surface area contributed by atoms with E-state index in [9.17, 15) is 14.4 Å². The lowest BCUT2D eigenvalue weighted by Gasteiger charge is -2.22. The summed E-state index contributed by atoms with van der Waals surface area (Å²) in [5.41, 5.74) is -0.703. The van der Waals surface area contributed by atoms with Crippen LogP contribution in [-0.2, 0) is 14.3 Å². The van der Waals surface area contributed by atoms with Crippen molar-refractivity contribution in [2.24, 2.45) is 0 Å². The molecule has 0 saturated heterocycles. The van der Waals surface area contributed by atoms with Crippen LogP contribution < -0.4 is 10.6 Å². The molecular formula is C11H19ClN2O5. The fourth-order valence-electron chi connectivity index (χ4n) is 1.000. The Morgan fingerprint density at radius 3 is 2.16 bits per heavy atom. The van der Waals surface area contributed by atoms with Crippen LogP contribution in [0.5, 0.6) is 0 Å². The maximum absolute atomic E-state index is 11.7. The zero-order valence-corrected chi connectivity index (χ0v) is 12.1. The maximum Gasteiger partial charge on any atom is 0.408 e. The van der Waals surface area contributed by atoms with Gasteiger partial charge in [-0.2, -0.15) is 0 Å². The lowest BCUT2D eigenvalue weighted by Crippen LogP contribution is -2.52. The van der Waals surface area contributed by atoms with Crippen LogP contribution in [0.15, 0.2) is 0 Å². The van der Waals surface area contributed by atoms with Crippen molar-refractivity contribution in [2.45, 2.75) is 45.4 Å². The number of ether oxygens (including phenoxy) is 1. The van der Waals surface area contributed by atoms with Crippen molar-refractivity contribution >= 4 is 29.6 Å². The van der Waals surface area contributed by atoms with Gasteiger partial charge in [-0.05, 0) is 27.7 Å². The average molecular weight is 295 g/mol. The Balaban J connectivity index is 4.46. The Kier molecular flexibility index (Phi) is 6.61. The van der Waals surface area contributed by atoms with Gasteiger partial charge in [0.15, 0.2) is 0 Å². The summed E-state index contributed by atoms with van der Waals surface area (Å²) >= 11 is 5.56. The second-order valence-electron chi connectivity index (χ2n) is 4.92. The van der Waals surface area contributed by atoms with Crippen molar-refractivity contribution in [1.29, 1.82) is 0 Å². The van der Waals surface area contributed by atoms with Crippen molar-refractivity contribution < 1.29 is 24.2 Å². The third-order valence-electron chi connectivity index (χ3n) is 1.89. The summed E-state index contributed by atoms with van der Waals surface area (Å²) in [6, 6.07) is -2.13. The molecule has 7 nitrogen and oxygen atoms in total. The van der Waals surface area contributed by atoms with E-state index in [1.165, 1.54) is 6.92 Å². The molecule has 19 heavy (non-hydrogen) atoms. The molecule has 8 heteroatoms. The highest BCUT2D eigenvalue weighted by Gasteiger charge is 2.25. The van der Waals surface area contributed by atoms with E-state index in [4.69, 9.17) is 21.4 Å². The zero-order valence-electron chi connectivity index (χ0n) is 11.3. The Morgan fingerprint density at radius 2 is 1.79 bits per heavy atom. The highest BCUT2D eigenvalue weighted by atomic mass is 35.5. The molecule has 0 bridgehead atoms. The summed E-state index contributed by atoms with van der Waals surface area (Å²) in [4.78, 5) is 33.7. The topological polar surface area (TPSA) is 105 Å². The number of carbonyl (C=O) groups is 3. The van der Waals surface area contributed by atoms with Gasteiger partial charge in [-0.25, -0.2) is 4.79 Å².